The quantitative estimate of drug-likeness (QED) is 0.785. The maximum Gasteiger partial charge on any atom is 0.330 e. The van der Waals surface area contributed by atoms with Gasteiger partial charge in [-0.15, -0.1) is 0 Å². The number of urea groups is 1. The predicted octanol–water partition coefficient (Wildman–Crippen LogP) is 1.37. The second-order valence-corrected chi connectivity index (χ2v) is 5.62. The number of nitrogens with one attached hydrogen (secondary N) is 1. The fraction of sp³-hybridized carbons (Fsp3) is 0.467. The number of aliphatic hydroxyl groups is 1. The minimum absolute atomic E-state index is 0.415. The molecule has 6 nitrogen and oxygen atoms in total. The zero-order valence-electron chi connectivity index (χ0n) is 12.0. The molecule has 114 valence electrons. The molecular weight excluding hydrogens is 272 g/mol. The number of piperidine rings is 1. The Balaban J connectivity index is 2.01. The Morgan fingerprint density at radius 1 is 1.24 bits per heavy atom. The number of amides is 2. The summed E-state index contributed by atoms with van der Waals surface area (Å²) in [6.45, 7) is 2.58. The molecule has 1 fully saturated rings. The molecule has 2 rings (SSSR count). The maximum atomic E-state index is 12.2. The molecule has 0 saturated carbocycles. The number of carboxylic acid groups (broad SMARTS) is 1. The van der Waals surface area contributed by atoms with Crippen molar-refractivity contribution in [1.82, 2.24) is 10.2 Å². The van der Waals surface area contributed by atoms with E-state index in [1.54, 1.807) is 37.3 Å². The van der Waals surface area contributed by atoms with Gasteiger partial charge < -0.3 is 20.4 Å². The first kappa shape index (κ1) is 15.3. The lowest BCUT2D eigenvalue weighted by molar-refractivity contribution is -0.139. The smallest absolute Gasteiger partial charge is 0.330 e. The largest absolute Gasteiger partial charge is 0.479 e. The van der Waals surface area contributed by atoms with Crippen LogP contribution in [0.15, 0.2) is 30.3 Å². The van der Waals surface area contributed by atoms with Crippen LogP contribution < -0.4 is 5.32 Å². The minimum Gasteiger partial charge on any atom is -0.479 e. The zero-order chi connectivity index (χ0) is 15.5. The number of nitrogens with zero attached hydrogens (tertiary/aromatic N) is 1. The van der Waals surface area contributed by atoms with Crippen molar-refractivity contribution in [3.05, 3.63) is 35.9 Å². The maximum absolute atomic E-state index is 12.2. The van der Waals surface area contributed by atoms with Gasteiger partial charge in [0.2, 0.25) is 0 Å². The molecule has 0 radical (unpaired) electrons. The predicted molar refractivity (Wildman–Crippen MR) is 76.8 cm³/mol. The molecule has 1 aromatic carbocycles. The molecule has 3 N–H and O–H groups in total. The Morgan fingerprint density at radius 3 is 2.33 bits per heavy atom. The molecule has 0 aliphatic carbocycles. The van der Waals surface area contributed by atoms with Crippen molar-refractivity contribution in [3.8, 4) is 0 Å². The van der Waals surface area contributed by atoms with E-state index in [0.717, 1.165) is 0 Å². The number of aliphatic carboxylic acids is 1. The topological polar surface area (TPSA) is 89.9 Å². The molecule has 1 saturated heterocycles. The molecule has 21 heavy (non-hydrogen) atoms. The number of rotatable bonds is 3. The number of hydrogen-bond donors (Lipinski definition) is 3. The van der Waals surface area contributed by atoms with Gasteiger partial charge in [0.05, 0.1) is 5.60 Å². The standard InChI is InChI=1S/C15H20N2O4/c1-15(21)7-9-17(10-8-15)14(20)16-12(13(18)19)11-5-3-2-4-6-11/h2-6,12,21H,7-10H2,1H3,(H,16,20)(H,18,19)/t12-/m0/s1. The molecule has 2 amide bonds. The molecule has 1 aromatic rings. The second-order valence-electron chi connectivity index (χ2n) is 5.62. The molecule has 6 heteroatoms. The summed E-state index contributed by atoms with van der Waals surface area (Å²) in [7, 11) is 0. The number of benzene rings is 1. The average molecular weight is 292 g/mol. The number of hydrogen-bond acceptors (Lipinski definition) is 3. The fourth-order valence-electron chi connectivity index (χ4n) is 2.34. The third kappa shape index (κ3) is 3.95. The van der Waals surface area contributed by atoms with Crippen molar-refractivity contribution in [3.63, 3.8) is 0 Å². The summed E-state index contributed by atoms with van der Waals surface area (Å²) < 4.78 is 0. The van der Waals surface area contributed by atoms with Crippen LogP contribution in [-0.4, -0.2) is 45.8 Å². The summed E-state index contributed by atoms with van der Waals surface area (Å²) in [5.74, 6) is -1.10. The van der Waals surface area contributed by atoms with E-state index in [1.807, 2.05) is 0 Å². The normalized spacial score (nSPS) is 18.9. The van der Waals surface area contributed by atoms with Crippen LogP contribution in [0.3, 0.4) is 0 Å². The minimum atomic E-state index is -1.10. The van der Waals surface area contributed by atoms with Crippen LogP contribution in [0.1, 0.15) is 31.4 Å². The van der Waals surface area contributed by atoms with Gasteiger partial charge in [-0.3, -0.25) is 0 Å². The van der Waals surface area contributed by atoms with Crippen LogP contribution in [0.2, 0.25) is 0 Å². The van der Waals surface area contributed by atoms with Crippen molar-refractivity contribution < 1.29 is 19.8 Å². The van der Waals surface area contributed by atoms with E-state index in [9.17, 15) is 19.8 Å². The van der Waals surface area contributed by atoms with Crippen molar-refractivity contribution in [1.29, 1.82) is 0 Å². The Kier molecular flexibility index (Phi) is 4.47. The average Bonchev–Trinajstić information content (AvgIpc) is 2.45. The molecule has 1 aliphatic rings. The van der Waals surface area contributed by atoms with Gasteiger partial charge in [0.1, 0.15) is 0 Å². The summed E-state index contributed by atoms with van der Waals surface area (Å²) in [5, 5.41) is 21.7. The first-order chi connectivity index (χ1) is 9.89. The summed E-state index contributed by atoms with van der Waals surface area (Å²) in [6, 6.07) is 7.10. The molecule has 1 atom stereocenters. The van der Waals surface area contributed by atoms with E-state index in [2.05, 4.69) is 5.32 Å². The highest BCUT2D eigenvalue weighted by Gasteiger charge is 2.31. The molecule has 0 unspecified atom stereocenters. The van der Waals surface area contributed by atoms with E-state index < -0.39 is 23.6 Å². The van der Waals surface area contributed by atoms with Crippen LogP contribution in [0, 0.1) is 0 Å². The number of carboxylic acids is 1. The number of carbonyl (C=O) groups excluding carboxylic acids is 1. The molecule has 0 spiro atoms. The fourth-order valence-corrected chi connectivity index (χ4v) is 2.34. The van der Waals surface area contributed by atoms with Crippen LogP contribution in [0.25, 0.3) is 0 Å². The molecule has 0 aromatic heterocycles. The lowest BCUT2D eigenvalue weighted by Crippen LogP contribution is -2.50. The molecular formula is C15H20N2O4. The number of carbonyl (C=O) groups is 2. The van der Waals surface area contributed by atoms with Crippen LogP contribution in [0.4, 0.5) is 4.79 Å². The lowest BCUT2D eigenvalue weighted by atomic mass is 9.94. The number of likely N-dealkylation sites (tertiary alicyclic amines) is 1. The Labute approximate surface area is 123 Å². The van der Waals surface area contributed by atoms with Crippen molar-refractivity contribution in [2.24, 2.45) is 0 Å². The zero-order valence-corrected chi connectivity index (χ0v) is 12.0. The van der Waals surface area contributed by atoms with Gasteiger partial charge in [-0.05, 0) is 25.3 Å². The van der Waals surface area contributed by atoms with E-state index in [-0.39, 0.29) is 0 Å². The van der Waals surface area contributed by atoms with Crippen LogP contribution in [-0.2, 0) is 4.79 Å². The van der Waals surface area contributed by atoms with Gasteiger partial charge >= 0.3 is 12.0 Å². The van der Waals surface area contributed by atoms with E-state index in [1.165, 1.54) is 4.90 Å². The highest BCUT2D eigenvalue weighted by atomic mass is 16.4. The van der Waals surface area contributed by atoms with Gasteiger partial charge in [0, 0.05) is 13.1 Å². The summed E-state index contributed by atoms with van der Waals surface area (Å²) >= 11 is 0. The monoisotopic (exact) mass is 292 g/mol. The van der Waals surface area contributed by atoms with Crippen molar-refractivity contribution in [2.45, 2.75) is 31.4 Å². The van der Waals surface area contributed by atoms with Gasteiger partial charge in [-0.25, -0.2) is 9.59 Å². The van der Waals surface area contributed by atoms with Gasteiger partial charge in [-0.2, -0.15) is 0 Å². The van der Waals surface area contributed by atoms with Gasteiger partial charge in [-0.1, -0.05) is 30.3 Å². The van der Waals surface area contributed by atoms with Crippen molar-refractivity contribution >= 4 is 12.0 Å². The van der Waals surface area contributed by atoms with Crippen molar-refractivity contribution in [2.75, 3.05) is 13.1 Å². The van der Waals surface area contributed by atoms with Crippen LogP contribution >= 0.6 is 0 Å². The Morgan fingerprint density at radius 2 is 1.81 bits per heavy atom. The first-order valence-corrected chi connectivity index (χ1v) is 6.95. The highest BCUT2D eigenvalue weighted by molar-refractivity contribution is 5.83. The summed E-state index contributed by atoms with van der Waals surface area (Å²) in [5.41, 5.74) is -0.218. The first-order valence-electron chi connectivity index (χ1n) is 6.95. The summed E-state index contributed by atoms with van der Waals surface area (Å²) in [4.78, 5) is 25.1. The van der Waals surface area contributed by atoms with Crippen LogP contribution in [0.5, 0.6) is 0 Å². The molecule has 1 heterocycles. The van der Waals surface area contributed by atoms with Gasteiger partial charge in [0.15, 0.2) is 6.04 Å². The highest BCUT2D eigenvalue weighted by Crippen LogP contribution is 2.21. The third-order valence-corrected chi connectivity index (χ3v) is 3.78. The summed E-state index contributed by atoms with van der Waals surface area (Å²) in [6.07, 6.45) is 0.979. The third-order valence-electron chi connectivity index (χ3n) is 3.78. The van der Waals surface area contributed by atoms with E-state index >= 15 is 0 Å². The van der Waals surface area contributed by atoms with Gasteiger partial charge in [0.25, 0.3) is 0 Å². The Bertz CT molecular complexity index is 506. The SMILES string of the molecule is CC1(O)CCN(C(=O)N[C@H](C(=O)O)c2ccccc2)CC1. The Hall–Kier alpha value is -2.08. The molecule has 0 bridgehead atoms. The molecule has 1 aliphatic heterocycles. The lowest BCUT2D eigenvalue weighted by Gasteiger charge is -2.36. The van der Waals surface area contributed by atoms with E-state index in [4.69, 9.17) is 0 Å². The second kappa shape index (κ2) is 6.13. The van der Waals surface area contributed by atoms with E-state index in [0.29, 0.717) is 31.5 Å².